The van der Waals surface area contributed by atoms with Crippen molar-refractivity contribution in [2.45, 2.75) is 27.3 Å². The van der Waals surface area contributed by atoms with Gasteiger partial charge in [0.25, 0.3) is 0 Å². The first-order chi connectivity index (χ1) is 10.5. The Morgan fingerprint density at radius 3 is 2.55 bits per heavy atom. The number of nitrogens with zero attached hydrogens (tertiary/aromatic N) is 3. The molecule has 0 atom stereocenters. The van der Waals surface area contributed by atoms with Crippen LogP contribution >= 0.6 is 0 Å². The van der Waals surface area contributed by atoms with Crippen LogP contribution in [-0.2, 0) is 11.3 Å². The van der Waals surface area contributed by atoms with Gasteiger partial charge < -0.3 is 14.2 Å². The van der Waals surface area contributed by atoms with E-state index in [-0.39, 0.29) is 11.8 Å². The number of rotatable bonds is 6. The second-order valence-corrected chi connectivity index (χ2v) is 5.25. The van der Waals surface area contributed by atoms with Gasteiger partial charge in [0.2, 0.25) is 17.6 Å². The van der Waals surface area contributed by atoms with Gasteiger partial charge in [-0.25, -0.2) is 0 Å². The Labute approximate surface area is 130 Å². The number of amides is 1. The van der Waals surface area contributed by atoms with Crippen LogP contribution in [0.4, 0.5) is 0 Å². The Kier molecular flexibility index (Phi) is 5.14. The van der Waals surface area contributed by atoms with Crippen LogP contribution in [0.25, 0.3) is 11.4 Å². The molecule has 0 bridgehead atoms. The largest absolute Gasteiger partial charge is 0.497 e. The predicted octanol–water partition coefficient (Wildman–Crippen LogP) is 2.75. The van der Waals surface area contributed by atoms with Crippen LogP contribution in [0.1, 0.15) is 26.7 Å². The lowest BCUT2D eigenvalue weighted by Gasteiger charge is -2.20. The topological polar surface area (TPSA) is 68.5 Å². The molecule has 0 radical (unpaired) electrons. The minimum atomic E-state index is -0.0519. The monoisotopic (exact) mass is 303 g/mol. The van der Waals surface area contributed by atoms with Gasteiger partial charge in [-0.1, -0.05) is 19.0 Å². The average molecular weight is 303 g/mol. The highest BCUT2D eigenvalue weighted by Crippen LogP contribution is 2.20. The van der Waals surface area contributed by atoms with Crippen molar-refractivity contribution in [1.82, 2.24) is 15.0 Å². The molecule has 1 aromatic carbocycles. The van der Waals surface area contributed by atoms with Crippen molar-refractivity contribution in [3.63, 3.8) is 0 Å². The van der Waals surface area contributed by atoms with Gasteiger partial charge in [-0.3, -0.25) is 4.79 Å². The van der Waals surface area contributed by atoms with E-state index in [1.165, 1.54) is 0 Å². The molecule has 0 spiro atoms. The third kappa shape index (κ3) is 3.63. The maximum absolute atomic E-state index is 12.0. The fourth-order valence-electron chi connectivity index (χ4n) is 2.05. The van der Waals surface area contributed by atoms with E-state index in [0.717, 1.165) is 11.3 Å². The number of aromatic nitrogens is 2. The number of carbonyl (C=O) groups is 1. The van der Waals surface area contributed by atoms with Gasteiger partial charge in [0.15, 0.2) is 0 Å². The zero-order chi connectivity index (χ0) is 16.1. The van der Waals surface area contributed by atoms with Crippen LogP contribution in [0.2, 0.25) is 0 Å². The predicted molar refractivity (Wildman–Crippen MR) is 82.2 cm³/mol. The highest BCUT2D eigenvalue weighted by atomic mass is 16.5. The lowest BCUT2D eigenvalue weighted by molar-refractivity contribution is -0.135. The first-order valence-corrected chi connectivity index (χ1v) is 7.31. The van der Waals surface area contributed by atoms with Crippen molar-refractivity contribution in [2.75, 3.05) is 13.7 Å². The first kappa shape index (κ1) is 16.0. The second kappa shape index (κ2) is 7.06. The van der Waals surface area contributed by atoms with Gasteiger partial charge in [-0.2, -0.15) is 4.98 Å². The van der Waals surface area contributed by atoms with E-state index in [1.54, 1.807) is 12.0 Å². The maximum Gasteiger partial charge on any atom is 0.246 e. The summed E-state index contributed by atoms with van der Waals surface area (Å²) >= 11 is 0. The van der Waals surface area contributed by atoms with Crippen LogP contribution in [0.5, 0.6) is 5.75 Å². The molecule has 6 nitrogen and oxygen atoms in total. The van der Waals surface area contributed by atoms with Crippen LogP contribution in [0.3, 0.4) is 0 Å². The van der Waals surface area contributed by atoms with Gasteiger partial charge in [-0.15, -0.1) is 0 Å². The smallest absolute Gasteiger partial charge is 0.246 e. The second-order valence-electron chi connectivity index (χ2n) is 5.25. The summed E-state index contributed by atoms with van der Waals surface area (Å²) in [6.45, 7) is 6.62. The summed E-state index contributed by atoms with van der Waals surface area (Å²) in [5.41, 5.74) is 0.842. The van der Waals surface area contributed by atoms with Crippen molar-refractivity contribution < 1.29 is 14.1 Å². The van der Waals surface area contributed by atoms with Crippen molar-refractivity contribution in [2.24, 2.45) is 5.92 Å². The number of benzene rings is 1. The minimum absolute atomic E-state index is 0.0519. The molecule has 6 heteroatoms. The van der Waals surface area contributed by atoms with E-state index in [9.17, 15) is 4.79 Å². The number of ether oxygens (including phenoxy) is 1. The highest BCUT2D eigenvalue weighted by Gasteiger charge is 2.19. The van der Waals surface area contributed by atoms with Crippen LogP contribution in [-0.4, -0.2) is 34.6 Å². The third-order valence-corrected chi connectivity index (χ3v) is 3.33. The summed E-state index contributed by atoms with van der Waals surface area (Å²) < 4.78 is 10.4. The van der Waals surface area contributed by atoms with E-state index < -0.39 is 0 Å². The summed E-state index contributed by atoms with van der Waals surface area (Å²) in [6.07, 6.45) is 0. The number of hydrogen-bond donors (Lipinski definition) is 0. The Balaban J connectivity index is 2.11. The van der Waals surface area contributed by atoms with Crippen molar-refractivity contribution in [3.8, 4) is 17.1 Å². The Bertz CT molecular complexity index is 620. The SMILES string of the molecule is CCN(Cc1nc(-c2ccc(OC)cc2)no1)C(=O)C(C)C. The van der Waals surface area contributed by atoms with E-state index in [1.807, 2.05) is 45.0 Å². The van der Waals surface area contributed by atoms with Crippen molar-refractivity contribution in [3.05, 3.63) is 30.2 Å². The molecule has 0 N–H and O–H groups in total. The normalized spacial score (nSPS) is 10.8. The molecule has 0 saturated heterocycles. The summed E-state index contributed by atoms with van der Waals surface area (Å²) in [6, 6.07) is 7.41. The molecule has 22 heavy (non-hydrogen) atoms. The standard InChI is InChI=1S/C16H21N3O3/c1-5-19(16(20)11(2)3)10-14-17-15(18-22-14)12-6-8-13(21-4)9-7-12/h6-9,11H,5,10H2,1-4H3. The maximum atomic E-state index is 12.0. The molecule has 2 aromatic rings. The highest BCUT2D eigenvalue weighted by molar-refractivity contribution is 5.77. The number of methoxy groups -OCH3 is 1. The zero-order valence-corrected chi connectivity index (χ0v) is 13.4. The molecule has 1 amide bonds. The van der Waals surface area contributed by atoms with Crippen LogP contribution in [0.15, 0.2) is 28.8 Å². The third-order valence-electron chi connectivity index (χ3n) is 3.33. The fourth-order valence-corrected chi connectivity index (χ4v) is 2.05. The van der Waals surface area contributed by atoms with Crippen molar-refractivity contribution >= 4 is 5.91 Å². The molecule has 0 aliphatic carbocycles. The molecule has 1 heterocycles. The van der Waals surface area contributed by atoms with E-state index in [0.29, 0.717) is 24.8 Å². The van der Waals surface area contributed by atoms with E-state index in [4.69, 9.17) is 9.26 Å². The molecular weight excluding hydrogens is 282 g/mol. The molecule has 0 fully saturated rings. The van der Waals surface area contributed by atoms with Crippen molar-refractivity contribution in [1.29, 1.82) is 0 Å². The van der Waals surface area contributed by atoms with Gasteiger partial charge in [0.1, 0.15) is 5.75 Å². The quantitative estimate of drug-likeness (QED) is 0.820. The molecule has 1 aromatic heterocycles. The van der Waals surface area contributed by atoms with Crippen LogP contribution < -0.4 is 4.74 Å². The molecule has 0 aliphatic heterocycles. The molecule has 0 saturated carbocycles. The Hall–Kier alpha value is -2.37. The summed E-state index contributed by atoms with van der Waals surface area (Å²) in [7, 11) is 1.62. The molecule has 118 valence electrons. The molecule has 0 aliphatic rings. The summed E-state index contributed by atoms with van der Waals surface area (Å²) in [4.78, 5) is 18.1. The van der Waals surface area contributed by atoms with Crippen LogP contribution in [0, 0.1) is 5.92 Å². The van der Waals surface area contributed by atoms with E-state index in [2.05, 4.69) is 10.1 Å². The van der Waals surface area contributed by atoms with E-state index >= 15 is 0 Å². The zero-order valence-electron chi connectivity index (χ0n) is 13.4. The van der Waals surface area contributed by atoms with Gasteiger partial charge >= 0.3 is 0 Å². The lowest BCUT2D eigenvalue weighted by atomic mass is 10.2. The molecular formula is C16H21N3O3. The lowest BCUT2D eigenvalue weighted by Crippen LogP contribution is -2.33. The molecule has 2 rings (SSSR count). The number of hydrogen-bond acceptors (Lipinski definition) is 5. The van der Waals surface area contributed by atoms with Gasteiger partial charge in [0.05, 0.1) is 13.7 Å². The minimum Gasteiger partial charge on any atom is -0.497 e. The van der Waals surface area contributed by atoms with Gasteiger partial charge in [0, 0.05) is 18.0 Å². The average Bonchev–Trinajstić information content (AvgIpc) is 3.00. The summed E-state index contributed by atoms with van der Waals surface area (Å²) in [5, 5.41) is 3.97. The number of carbonyl (C=O) groups excluding carboxylic acids is 1. The molecule has 0 unspecified atom stereocenters. The first-order valence-electron chi connectivity index (χ1n) is 7.31. The Morgan fingerprint density at radius 1 is 1.32 bits per heavy atom. The summed E-state index contributed by atoms with van der Waals surface area (Å²) in [5.74, 6) is 1.73. The fraction of sp³-hybridized carbons (Fsp3) is 0.438. The Morgan fingerprint density at radius 2 is 2.00 bits per heavy atom. The van der Waals surface area contributed by atoms with Gasteiger partial charge in [-0.05, 0) is 31.2 Å².